The van der Waals surface area contributed by atoms with Crippen molar-refractivity contribution in [1.29, 1.82) is 5.41 Å². The summed E-state index contributed by atoms with van der Waals surface area (Å²) in [6, 6.07) is 2.85. The third-order valence-corrected chi connectivity index (χ3v) is 1.87. The molecule has 5 nitrogen and oxygen atoms in total. The second-order valence-electron chi connectivity index (χ2n) is 3.03. The standard InChI is InChI=1S/C10H12N2O3/c1-6(13)15-5-8-2-7(4-11)10(14)3-9(8)12/h2-4,11,14H,5,12H2,1H3. The number of phenols is 1. The van der Waals surface area contributed by atoms with Crippen molar-refractivity contribution < 1.29 is 14.6 Å². The third-order valence-electron chi connectivity index (χ3n) is 1.87. The normalized spacial score (nSPS) is 9.67. The first-order chi connectivity index (χ1) is 7.04. The molecule has 0 aliphatic rings. The van der Waals surface area contributed by atoms with Crippen LogP contribution in [0.1, 0.15) is 18.1 Å². The van der Waals surface area contributed by atoms with E-state index in [2.05, 4.69) is 0 Å². The van der Waals surface area contributed by atoms with E-state index in [1.54, 1.807) is 0 Å². The molecule has 15 heavy (non-hydrogen) atoms. The Labute approximate surface area is 87.0 Å². The Morgan fingerprint density at radius 3 is 2.87 bits per heavy atom. The average Bonchev–Trinajstić information content (AvgIpc) is 2.16. The van der Waals surface area contributed by atoms with E-state index in [4.69, 9.17) is 15.9 Å². The van der Waals surface area contributed by atoms with Gasteiger partial charge in [0.1, 0.15) is 12.4 Å². The van der Waals surface area contributed by atoms with Crippen molar-refractivity contribution in [3.63, 3.8) is 0 Å². The summed E-state index contributed by atoms with van der Waals surface area (Å²) in [6.07, 6.45) is 1.01. The van der Waals surface area contributed by atoms with Gasteiger partial charge >= 0.3 is 5.97 Å². The lowest BCUT2D eigenvalue weighted by atomic mass is 10.1. The monoisotopic (exact) mass is 208 g/mol. The molecule has 0 aliphatic carbocycles. The van der Waals surface area contributed by atoms with E-state index in [1.165, 1.54) is 19.1 Å². The zero-order valence-electron chi connectivity index (χ0n) is 8.28. The first-order valence-electron chi connectivity index (χ1n) is 4.29. The molecule has 1 aromatic carbocycles. The van der Waals surface area contributed by atoms with Crippen LogP contribution in [0.25, 0.3) is 0 Å². The SMILES string of the molecule is CC(=O)OCc1cc(C=N)c(O)cc1N. The highest BCUT2D eigenvalue weighted by Crippen LogP contribution is 2.23. The van der Waals surface area contributed by atoms with E-state index in [9.17, 15) is 9.90 Å². The van der Waals surface area contributed by atoms with Gasteiger partial charge in [-0.25, -0.2) is 0 Å². The maximum Gasteiger partial charge on any atom is 0.302 e. The maximum absolute atomic E-state index is 10.6. The van der Waals surface area contributed by atoms with Crippen LogP contribution >= 0.6 is 0 Å². The van der Waals surface area contributed by atoms with Crippen LogP contribution in [0.5, 0.6) is 5.75 Å². The molecule has 1 rings (SSSR count). The van der Waals surface area contributed by atoms with Crippen molar-refractivity contribution in [2.45, 2.75) is 13.5 Å². The Kier molecular flexibility index (Phi) is 3.28. The lowest BCUT2D eigenvalue weighted by molar-refractivity contribution is -0.142. The molecule has 0 radical (unpaired) electrons. The smallest absolute Gasteiger partial charge is 0.302 e. The molecule has 5 heteroatoms. The maximum atomic E-state index is 10.6. The number of anilines is 1. The van der Waals surface area contributed by atoms with Crippen LogP contribution in [0.15, 0.2) is 12.1 Å². The van der Waals surface area contributed by atoms with Gasteiger partial charge in [-0.15, -0.1) is 0 Å². The number of hydrogen-bond donors (Lipinski definition) is 3. The summed E-state index contributed by atoms with van der Waals surface area (Å²) >= 11 is 0. The highest BCUT2D eigenvalue weighted by atomic mass is 16.5. The van der Waals surface area contributed by atoms with Gasteiger partial charge in [0.15, 0.2) is 0 Å². The second-order valence-corrected chi connectivity index (χ2v) is 3.03. The molecular weight excluding hydrogens is 196 g/mol. The summed E-state index contributed by atoms with van der Waals surface area (Å²) in [5.41, 5.74) is 6.85. The number of carbonyl (C=O) groups is 1. The van der Waals surface area contributed by atoms with Crippen LogP contribution in [-0.4, -0.2) is 17.3 Å². The molecule has 0 saturated carbocycles. The summed E-state index contributed by atoms with van der Waals surface area (Å²) in [6.45, 7) is 1.34. The van der Waals surface area contributed by atoms with E-state index in [0.717, 1.165) is 6.21 Å². The summed E-state index contributed by atoms with van der Waals surface area (Å²) in [5.74, 6) is -0.465. The van der Waals surface area contributed by atoms with Crippen molar-refractivity contribution >= 4 is 17.9 Å². The van der Waals surface area contributed by atoms with Crippen LogP contribution < -0.4 is 5.73 Å². The van der Waals surface area contributed by atoms with Gasteiger partial charge in [0.2, 0.25) is 0 Å². The van der Waals surface area contributed by atoms with E-state index in [-0.39, 0.29) is 12.4 Å². The fourth-order valence-corrected chi connectivity index (χ4v) is 1.09. The average molecular weight is 208 g/mol. The van der Waals surface area contributed by atoms with Crippen LogP contribution in [0, 0.1) is 5.41 Å². The minimum Gasteiger partial charge on any atom is -0.507 e. The van der Waals surface area contributed by atoms with Crippen LogP contribution in [0.4, 0.5) is 5.69 Å². The Morgan fingerprint density at radius 2 is 2.33 bits per heavy atom. The summed E-state index contributed by atoms with van der Waals surface area (Å²) < 4.78 is 4.77. The zero-order valence-corrected chi connectivity index (χ0v) is 8.28. The number of carbonyl (C=O) groups excluding carboxylic acids is 1. The van der Waals surface area contributed by atoms with Gasteiger partial charge in [0.05, 0.1) is 0 Å². The topological polar surface area (TPSA) is 96.4 Å². The number of hydrogen-bond acceptors (Lipinski definition) is 5. The quantitative estimate of drug-likeness (QED) is 0.392. The van der Waals surface area contributed by atoms with E-state index >= 15 is 0 Å². The van der Waals surface area contributed by atoms with Crippen molar-refractivity contribution in [1.82, 2.24) is 0 Å². The number of benzene rings is 1. The second kappa shape index (κ2) is 4.45. The van der Waals surface area contributed by atoms with Crippen molar-refractivity contribution in [3.8, 4) is 5.75 Å². The lowest BCUT2D eigenvalue weighted by Crippen LogP contribution is -2.03. The molecule has 0 fully saturated rings. The van der Waals surface area contributed by atoms with E-state index in [0.29, 0.717) is 16.8 Å². The molecule has 0 aromatic heterocycles. The Hall–Kier alpha value is -2.04. The molecule has 0 bridgehead atoms. The van der Waals surface area contributed by atoms with Gasteiger partial charge in [0.25, 0.3) is 0 Å². The number of rotatable bonds is 3. The lowest BCUT2D eigenvalue weighted by Gasteiger charge is -2.08. The number of nitrogen functional groups attached to an aromatic ring is 1. The van der Waals surface area contributed by atoms with Gasteiger partial charge < -0.3 is 21.0 Å². The minimum atomic E-state index is -0.404. The van der Waals surface area contributed by atoms with Gasteiger partial charge in [-0.05, 0) is 6.07 Å². The molecule has 0 saturated heterocycles. The summed E-state index contributed by atoms with van der Waals surface area (Å²) in [5, 5.41) is 16.4. The van der Waals surface area contributed by atoms with Crippen LogP contribution in [-0.2, 0) is 16.1 Å². The summed E-state index contributed by atoms with van der Waals surface area (Å²) in [7, 11) is 0. The number of nitrogens with two attached hydrogens (primary N) is 1. The molecule has 1 aromatic rings. The largest absolute Gasteiger partial charge is 0.507 e. The fraction of sp³-hybridized carbons (Fsp3) is 0.200. The molecule has 0 aliphatic heterocycles. The number of ether oxygens (including phenoxy) is 1. The molecule has 80 valence electrons. The van der Waals surface area contributed by atoms with Gasteiger partial charge in [0, 0.05) is 36.0 Å². The van der Waals surface area contributed by atoms with Gasteiger partial charge in [-0.1, -0.05) is 0 Å². The Bertz CT molecular complexity index is 402. The molecule has 0 amide bonds. The van der Waals surface area contributed by atoms with Crippen molar-refractivity contribution in [3.05, 3.63) is 23.3 Å². The van der Waals surface area contributed by atoms with Crippen LogP contribution in [0.3, 0.4) is 0 Å². The molecular formula is C10H12N2O3. The Balaban J connectivity index is 2.97. The summed E-state index contributed by atoms with van der Waals surface area (Å²) in [4.78, 5) is 10.6. The predicted molar refractivity (Wildman–Crippen MR) is 55.9 cm³/mol. The molecule has 0 heterocycles. The first kappa shape index (κ1) is 11.0. The highest BCUT2D eigenvalue weighted by molar-refractivity contribution is 5.83. The third kappa shape index (κ3) is 2.70. The number of aromatic hydroxyl groups is 1. The molecule has 0 atom stereocenters. The predicted octanol–water partition coefficient (Wildman–Crippen LogP) is 1.04. The number of nitrogens with one attached hydrogen (secondary N) is 1. The van der Waals surface area contributed by atoms with Gasteiger partial charge in [-0.2, -0.15) is 0 Å². The van der Waals surface area contributed by atoms with Gasteiger partial charge in [-0.3, -0.25) is 4.79 Å². The molecule has 4 N–H and O–H groups in total. The molecule has 0 unspecified atom stereocenters. The minimum absolute atomic E-state index is 0.0439. The first-order valence-corrected chi connectivity index (χ1v) is 4.29. The fourth-order valence-electron chi connectivity index (χ4n) is 1.09. The van der Waals surface area contributed by atoms with E-state index in [1.807, 2.05) is 0 Å². The highest BCUT2D eigenvalue weighted by Gasteiger charge is 2.06. The number of phenolic OH excluding ortho intramolecular Hbond substituents is 1. The number of esters is 1. The Morgan fingerprint density at radius 1 is 1.67 bits per heavy atom. The molecule has 0 spiro atoms. The van der Waals surface area contributed by atoms with Crippen LogP contribution in [0.2, 0.25) is 0 Å². The van der Waals surface area contributed by atoms with Crippen molar-refractivity contribution in [2.75, 3.05) is 5.73 Å². The zero-order chi connectivity index (χ0) is 11.4. The van der Waals surface area contributed by atoms with Crippen molar-refractivity contribution in [2.24, 2.45) is 0 Å². The van der Waals surface area contributed by atoms with E-state index < -0.39 is 5.97 Å².